The van der Waals surface area contributed by atoms with Crippen molar-refractivity contribution >= 4 is 24.1 Å². The molecule has 4 nitrogen and oxygen atoms in total. The number of hydrogen-bond acceptors (Lipinski definition) is 3. The number of amides is 1. The minimum Gasteiger partial charge on any atom is -0.480 e. The number of hydrogen-bond donors (Lipinski definition) is 2. The van der Waals surface area contributed by atoms with E-state index in [0.29, 0.717) is 12.2 Å². The molecule has 5 heteroatoms. The summed E-state index contributed by atoms with van der Waals surface area (Å²) in [6, 6.07) is -0.753. The number of unbranched alkanes of at least 4 members (excludes halogenated alkanes) is 6. The van der Waals surface area contributed by atoms with Crippen molar-refractivity contribution in [2.24, 2.45) is 0 Å². The highest BCUT2D eigenvalue weighted by Crippen LogP contribution is 2.11. The van der Waals surface area contributed by atoms with Crippen molar-refractivity contribution in [1.82, 2.24) is 5.32 Å². The monoisotopic (exact) mass is 275 g/mol. The first-order valence-electron chi connectivity index (χ1n) is 6.72. The van der Waals surface area contributed by atoms with Crippen molar-refractivity contribution < 1.29 is 14.7 Å². The predicted molar refractivity (Wildman–Crippen MR) is 75.9 cm³/mol. The lowest BCUT2D eigenvalue weighted by Gasteiger charge is -2.10. The van der Waals surface area contributed by atoms with Crippen molar-refractivity contribution in [3.8, 4) is 0 Å². The van der Waals surface area contributed by atoms with Crippen LogP contribution in [-0.2, 0) is 9.59 Å². The van der Waals surface area contributed by atoms with Crippen LogP contribution in [-0.4, -0.2) is 35.0 Å². The average molecular weight is 275 g/mol. The third-order valence-corrected chi connectivity index (χ3v) is 3.89. The molecule has 0 saturated heterocycles. The van der Waals surface area contributed by atoms with Gasteiger partial charge in [0.05, 0.1) is 0 Å². The molecule has 0 aliphatic rings. The Hall–Kier alpha value is -0.710. The molecule has 0 aromatic rings. The van der Waals surface area contributed by atoms with Gasteiger partial charge in [0, 0.05) is 5.75 Å². The summed E-state index contributed by atoms with van der Waals surface area (Å²) in [4.78, 5) is 20.9. The Balaban J connectivity index is 3.32. The van der Waals surface area contributed by atoms with Crippen molar-refractivity contribution in [3.05, 3.63) is 0 Å². The molecule has 2 N–H and O–H groups in total. The first kappa shape index (κ1) is 17.3. The van der Waals surface area contributed by atoms with Crippen LogP contribution in [0.1, 0.15) is 51.9 Å². The summed E-state index contributed by atoms with van der Waals surface area (Å²) >= 11 is 1.60. The Labute approximate surface area is 114 Å². The third-order valence-electron chi connectivity index (χ3n) is 2.74. The zero-order valence-electron chi connectivity index (χ0n) is 11.2. The molecule has 0 aromatic heterocycles. The molecule has 0 radical (unpaired) electrons. The molecule has 0 saturated carbocycles. The van der Waals surface area contributed by atoms with Crippen LogP contribution >= 0.6 is 11.8 Å². The summed E-state index contributed by atoms with van der Waals surface area (Å²) in [7, 11) is 0. The van der Waals surface area contributed by atoms with Gasteiger partial charge in [0.1, 0.15) is 6.04 Å². The van der Waals surface area contributed by atoms with Crippen molar-refractivity contribution in [3.63, 3.8) is 0 Å². The summed E-state index contributed by atoms with van der Waals surface area (Å²) < 4.78 is 0. The first-order valence-corrected chi connectivity index (χ1v) is 7.88. The van der Waals surface area contributed by atoms with Crippen molar-refractivity contribution in [2.45, 2.75) is 57.9 Å². The lowest BCUT2D eigenvalue weighted by molar-refractivity contribution is -0.139. The molecular weight excluding hydrogens is 250 g/mol. The van der Waals surface area contributed by atoms with E-state index in [9.17, 15) is 9.59 Å². The molecular formula is C13H25NO3S. The molecule has 0 aliphatic heterocycles. The highest BCUT2D eigenvalue weighted by Gasteiger charge is 2.15. The van der Waals surface area contributed by atoms with E-state index in [2.05, 4.69) is 12.2 Å². The van der Waals surface area contributed by atoms with Gasteiger partial charge in [0.15, 0.2) is 0 Å². The number of rotatable bonds is 13. The average Bonchev–Trinajstić information content (AvgIpc) is 2.35. The molecule has 0 fully saturated rings. The second kappa shape index (κ2) is 12.7. The highest BCUT2D eigenvalue weighted by atomic mass is 32.2. The Morgan fingerprint density at radius 2 is 1.83 bits per heavy atom. The fraction of sp³-hybridized carbons (Fsp3) is 0.846. The largest absolute Gasteiger partial charge is 0.480 e. The van der Waals surface area contributed by atoms with E-state index in [0.717, 1.165) is 12.2 Å². The van der Waals surface area contributed by atoms with Gasteiger partial charge in [-0.3, -0.25) is 4.79 Å². The van der Waals surface area contributed by atoms with Crippen molar-refractivity contribution in [2.75, 3.05) is 11.5 Å². The zero-order valence-corrected chi connectivity index (χ0v) is 12.0. The number of aliphatic carboxylic acids is 1. The van der Waals surface area contributed by atoms with Crippen LogP contribution in [0.3, 0.4) is 0 Å². The topological polar surface area (TPSA) is 66.4 Å². The third kappa shape index (κ3) is 10.4. The summed E-state index contributed by atoms with van der Waals surface area (Å²) in [5, 5.41) is 11.1. The van der Waals surface area contributed by atoms with Gasteiger partial charge in [-0.15, -0.1) is 0 Å². The molecule has 1 atom stereocenters. The van der Waals surface area contributed by atoms with E-state index in [-0.39, 0.29) is 0 Å². The maximum Gasteiger partial charge on any atom is 0.327 e. The quantitative estimate of drug-likeness (QED) is 0.400. The van der Waals surface area contributed by atoms with E-state index < -0.39 is 12.0 Å². The number of carboxylic acid groups (broad SMARTS) is 1. The maximum atomic E-state index is 10.7. The Morgan fingerprint density at radius 3 is 2.39 bits per heavy atom. The van der Waals surface area contributed by atoms with Crippen LogP contribution < -0.4 is 5.32 Å². The van der Waals surface area contributed by atoms with E-state index >= 15 is 0 Å². The second-order valence-electron chi connectivity index (χ2n) is 4.37. The smallest absolute Gasteiger partial charge is 0.327 e. The van der Waals surface area contributed by atoms with Crippen LogP contribution in [0.2, 0.25) is 0 Å². The van der Waals surface area contributed by atoms with Gasteiger partial charge in [-0.25, -0.2) is 4.79 Å². The van der Waals surface area contributed by atoms with Crippen LogP contribution in [0.25, 0.3) is 0 Å². The van der Waals surface area contributed by atoms with Gasteiger partial charge in [-0.2, -0.15) is 11.8 Å². The summed E-state index contributed by atoms with van der Waals surface area (Å²) in [6.45, 7) is 2.21. The number of carbonyl (C=O) groups is 2. The molecule has 0 aromatic carbocycles. The van der Waals surface area contributed by atoms with Gasteiger partial charge in [0.2, 0.25) is 6.41 Å². The molecule has 0 spiro atoms. The fourth-order valence-corrected chi connectivity index (χ4v) is 2.68. The molecule has 0 bridgehead atoms. The van der Waals surface area contributed by atoms with E-state index in [1.54, 1.807) is 11.8 Å². The molecule has 0 aliphatic carbocycles. The van der Waals surface area contributed by atoms with Gasteiger partial charge in [-0.05, 0) is 12.2 Å². The number of carbonyl (C=O) groups excluding carboxylic acids is 1. The standard InChI is InChI=1S/C13H25NO3S/c1-2-3-4-5-6-7-8-9-18-10-12(13(16)17)14-11-15/h11-12H,2-10H2,1H3,(H,14,15)(H,16,17). The summed E-state index contributed by atoms with van der Waals surface area (Å²) in [6.07, 6.45) is 9.31. The van der Waals surface area contributed by atoms with Gasteiger partial charge < -0.3 is 10.4 Å². The molecule has 1 unspecified atom stereocenters. The Kier molecular flexibility index (Phi) is 12.2. The van der Waals surface area contributed by atoms with E-state index in [4.69, 9.17) is 5.11 Å². The minimum absolute atomic E-state index is 0.448. The molecule has 0 heterocycles. The first-order chi connectivity index (χ1) is 8.72. The molecule has 1 amide bonds. The predicted octanol–water partition coefficient (Wildman–Crippen LogP) is 2.67. The van der Waals surface area contributed by atoms with Crippen LogP contribution in [0, 0.1) is 0 Å². The summed E-state index contributed by atoms with van der Waals surface area (Å²) in [5.41, 5.74) is 0. The molecule has 18 heavy (non-hydrogen) atoms. The maximum absolute atomic E-state index is 10.7. The lowest BCUT2D eigenvalue weighted by atomic mass is 10.1. The summed E-state index contributed by atoms with van der Waals surface area (Å²) in [5.74, 6) is 0.455. The van der Waals surface area contributed by atoms with Crippen LogP contribution in [0.5, 0.6) is 0 Å². The Bertz CT molecular complexity index is 224. The zero-order chi connectivity index (χ0) is 13.6. The second-order valence-corrected chi connectivity index (χ2v) is 5.52. The fourth-order valence-electron chi connectivity index (χ4n) is 1.64. The minimum atomic E-state index is -0.964. The number of thioether (sulfide) groups is 1. The van der Waals surface area contributed by atoms with Gasteiger partial charge in [0.25, 0.3) is 0 Å². The van der Waals surface area contributed by atoms with Crippen LogP contribution in [0.15, 0.2) is 0 Å². The highest BCUT2D eigenvalue weighted by molar-refractivity contribution is 7.99. The normalized spacial score (nSPS) is 12.1. The van der Waals surface area contributed by atoms with E-state index in [1.807, 2.05) is 0 Å². The lowest BCUT2D eigenvalue weighted by Crippen LogP contribution is -2.37. The van der Waals surface area contributed by atoms with Crippen molar-refractivity contribution in [1.29, 1.82) is 0 Å². The molecule has 106 valence electrons. The Morgan fingerprint density at radius 1 is 1.22 bits per heavy atom. The van der Waals surface area contributed by atoms with Crippen LogP contribution in [0.4, 0.5) is 0 Å². The SMILES string of the molecule is CCCCCCCCCSCC(NC=O)C(=O)O. The van der Waals surface area contributed by atoms with E-state index in [1.165, 1.54) is 38.5 Å². The number of nitrogens with one attached hydrogen (secondary N) is 1. The number of carboxylic acids is 1. The molecule has 0 rings (SSSR count). The van der Waals surface area contributed by atoms with Gasteiger partial charge in [-0.1, -0.05) is 45.4 Å². The van der Waals surface area contributed by atoms with Gasteiger partial charge >= 0.3 is 5.97 Å².